The topological polar surface area (TPSA) is 87.7 Å². The molecule has 6 heteroatoms. The number of phenolic OH excluding ortho intramolecular Hbond substituents is 1. The number of hydrogen-bond acceptors (Lipinski definition) is 4. The van der Waals surface area contributed by atoms with Gasteiger partial charge >= 0.3 is 11.8 Å². The summed E-state index contributed by atoms with van der Waals surface area (Å²) in [6, 6.07) is 5.90. The van der Waals surface area contributed by atoms with Crippen LogP contribution in [0, 0.1) is 0 Å². The summed E-state index contributed by atoms with van der Waals surface area (Å²) in [5.41, 5.74) is 0.454. The fraction of sp³-hybridized carbons (Fsp3) is 0.467. The van der Waals surface area contributed by atoms with Gasteiger partial charge in [0.15, 0.2) is 0 Å². The van der Waals surface area contributed by atoms with Crippen LogP contribution in [0.4, 0.5) is 5.69 Å². The number of unbranched alkanes of at least 4 members (excludes halogenated alkanes) is 1. The number of aromatic hydroxyl groups is 1. The number of ether oxygens (including phenoxy) is 1. The number of hydrogen-bond donors (Lipinski definition) is 3. The van der Waals surface area contributed by atoms with Gasteiger partial charge in [-0.15, -0.1) is 0 Å². The fourth-order valence-corrected chi connectivity index (χ4v) is 1.54. The van der Waals surface area contributed by atoms with E-state index in [1.807, 2.05) is 0 Å². The third-order valence-corrected chi connectivity index (χ3v) is 2.72. The van der Waals surface area contributed by atoms with E-state index >= 15 is 0 Å². The van der Waals surface area contributed by atoms with E-state index in [0.29, 0.717) is 25.3 Å². The highest BCUT2D eigenvalue weighted by atomic mass is 16.5. The van der Waals surface area contributed by atoms with Crippen molar-refractivity contribution in [2.75, 3.05) is 25.1 Å². The Kier molecular flexibility index (Phi) is 7.89. The van der Waals surface area contributed by atoms with E-state index in [-0.39, 0.29) is 5.75 Å². The highest BCUT2D eigenvalue weighted by molar-refractivity contribution is 6.39. The molecule has 0 bridgehead atoms. The first-order valence-electron chi connectivity index (χ1n) is 7.09. The van der Waals surface area contributed by atoms with Gasteiger partial charge in [-0.1, -0.05) is 13.3 Å². The second-order valence-electron chi connectivity index (χ2n) is 4.58. The minimum atomic E-state index is -0.729. The Balaban J connectivity index is 2.16. The number of nitrogens with one attached hydrogen (secondary N) is 2. The summed E-state index contributed by atoms with van der Waals surface area (Å²) >= 11 is 0. The van der Waals surface area contributed by atoms with Gasteiger partial charge in [0.2, 0.25) is 0 Å². The summed E-state index contributed by atoms with van der Waals surface area (Å²) in [6.45, 7) is 3.79. The van der Waals surface area contributed by atoms with Crippen molar-refractivity contribution < 1.29 is 19.4 Å². The lowest BCUT2D eigenvalue weighted by molar-refractivity contribution is -0.136. The maximum absolute atomic E-state index is 11.6. The van der Waals surface area contributed by atoms with Crippen molar-refractivity contribution in [3.8, 4) is 5.75 Å². The van der Waals surface area contributed by atoms with Gasteiger partial charge in [0.05, 0.1) is 0 Å². The molecule has 0 unspecified atom stereocenters. The Morgan fingerprint density at radius 3 is 2.43 bits per heavy atom. The van der Waals surface area contributed by atoms with Crippen molar-refractivity contribution in [1.29, 1.82) is 0 Å². The van der Waals surface area contributed by atoms with Gasteiger partial charge in [-0.2, -0.15) is 0 Å². The predicted molar refractivity (Wildman–Crippen MR) is 80.1 cm³/mol. The first-order valence-corrected chi connectivity index (χ1v) is 7.09. The molecule has 21 heavy (non-hydrogen) atoms. The zero-order chi connectivity index (χ0) is 15.5. The summed E-state index contributed by atoms with van der Waals surface area (Å²) in [5, 5.41) is 14.1. The van der Waals surface area contributed by atoms with Crippen LogP contribution in [0.25, 0.3) is 0 Å². The monoisotopic (exact) mass is 294 g/mol. The number of benzene rings is 1. The largest absolute Gasteiger partial charge is 0.508 e. The molecule has 0 heterocycles. The molecule has 0 fully saturated rings. The molecular weight excluding hydrogens is 272 g/mol. The second-order valence-corrected chi connectivity index (χ2v) is 4.58. The molecule has 1 rings (SSSR count). The van der Waals surface area contributed by atoms with E-state index in [4.69, 9.17) is 9.84 Å². The molecule has 0 aromatic heterocycles. The lowest BCUT2D eigenvalue weighted by Gasteiger charge is -2.07. The van der Waals surface area contributed by atoms with E-state index in [2.05, 4.69) is 17.6 Å². The van der Waals surface area contributed by atoms with Gasteiger partial charge in [0.1, 0.15) is 5.75 Å². The summed E-state index contributed by atoms with van der Waals surface area (Å²) in [7, 11) is 0. The summed E-state index contributed by atoms with van der Waals surface area (Å²) in [6.07, 6.45) is 2.79. The quantitative estimate of drug-likeness (QED) is 0.386. The molecule has 1 aromatic rings. The van der Waals surface area contributed by atoms with Gasteiger partial charge < -0.3 is 20.5 Å². The van der Waals surface area contributed by atoms with Crippen molar-refractivity contribution >= 4 is 17.5 Å². The van der Waals surface area contributed by atoms with Crippen molar-refractivity contribution in [1.82, 2.24) is 5.32 Å². The summed E-state index contributed by atoms with van der Waals surface area (Å²) < 4.78 is 5.35. The standard InChI is InChI=1S/C15H22N2O4/c1-2-3-10-21-11-4-9-16-14(19)15(20)17-12-5-7-13(18)8-6-12/h5-8,18H,2-4,9-11H2,1H3,(H,16,19)(H,17,20). The van der Waals surface area contributed by atoms with Crippen LogP contribution in [0.1, 0.15) is 26.2 Å². The van der Waals surface area contributed by atoms with Crippen LogP contribution < -0.4 is 10.6 Å². The van der Waals surface area contributed by atoms with Crippen LogP contribution in [-0.4, -0.2) is 36.7 Å². The molecule has 0 spiro atoms. The average Bonchev–Trinajstić information content (AvgIpc) is 2.48. The van der Waals surface area contributed by atoms with Gasteiger partial charge in [-0.05, 0) is 37.1 Å². The molecule has 1 aromatic carbocycles. The summed E-state index contributed by atoms with van der Waals surface area (Å²) in [5.74, 6) is -1.32. The fourth-order valence-electron chi connectivity index (χ4n) is 1.54. The normalized spacial score (nSPS) is 10.1. The molecule has 6 nitrogen and oxygen atoms in total. The molecule has 0 aliphatic rings. The zero-order valence-electron chi connectivity index (χ0n) is 12.2. The molecule has 0 radical (unpaired) electrons. The van der Waals surface area contributed by atoms with E-state index in [1.165, 1.54) is 24.3 Å². The maximum atomic E-state index is 11.6. The van der Waals surface area contributed by atoms with Gasteiger partial charge in [-0.3, -0.25) is 9.59 Å². The third-order valence-electron chi connectivity index (χ3n) is 2.72. The lowest BCUT2D eigenvalue weighted by atomic mass is 10.3. The number of carbonyl (C=O) groups is 2. The van der Waals surface area contributed by atoms with Gasteiger partial charge in [0.25, 0.3) is 0 Å². The molecule has 116 valence electrons. The number of anilines is 1. The van der Waals surface area contributed by atoms with E-state index in [0.717, 1.165) is 19.4 Å². The molecular formula is C15H22N2O4. The van der Waals surface area contributed by atoms with Crippen molar-refractivity contribution in [2.24, 2.45) is 0 Å². The number of phenols is 1. The van der Waals surface area contributed by atoms with Crippen LogP contribution in [0.5, 0.6) is 5.75 Å². The first-order chi connectivity index (χ1) is 10.1. The van der Waals surface area contributed by atoms with E-state index in [9.17, 15) is 9.59 Å². The zero-order valence-corrected chi connectivity index (χ0v) is 12.2. The van der Waals surface area contributed by atoms with Gasteiger partial charge in [-0.25, -0.2) is 0 Å². The highest BCUT2D eigenvalue weighted by Crippen LogP contribution is 2.13. The summed E-state index contributed by atoms with van der Waals surface area (Å²) in [4.78, 5) is 23.1. The second kappa shape index (κ2) is 9.77. The molecule has 0 aliphatic carbocycles. The first kappa shape index (κ1) is 17.0. The van der Waals surface area contributed by atoms with Crippen molar-refractivity contribution in [3.63, 3.8) is 0 Å². The molecule has 0 saturated carbocycles. The molecule has 0 saturated heterocycles. The Morgan fingerprint density at radius 2 is 1.76 bits per heavy atom. The van der Waals surface area contributed by atoms with Crippen molar-refractivity contribution in [3.05, 3.63) is 24.3 Å². The van der Waals surface area contributed by atoms with E-state index < -0.39 is 11.8 Å². The predicted octanol–water partition coefficient (Wildman–Crippen LogP) is 1.65. The van der Waals surface area contributed by atoms with Crippen LogP contribution in [0.3, 0.4) is 0 Å². The molecule has 0 aliphatic heterocycles. The molecule has 0 atom stereocenters. The highest BCUT2D eigenvalue weighted by Gasteiger charge is 2.12. The SMILES string of the molecule is CCCCOCCCNC(=O)C(=O)Nc1ccc(O)cc1. The molecule has 2 amide bonds. The number of carbonyl (C=O) groups excluding carboxylic acids is 2. The maximum Gasteiger partial charge on any atom is 0.313 e. The minimum Gasteiger partial charge on any atom is -0.508 e. The Labute approximate surface area is 124 Å². The Bertz CT molecular complexity index is 445. The van der Waals surface area contributed by atoms with Gasteiger partial charge in [0, 0.05) is 25.4 Å². The minimum absolute atomic E-state index is 0.0977. The van der Waals surface area contributed by atoms with Crippen LogP contribution in [0.15, 0.2) is 24.3 Å². The Hall–Kier alpha value is -2.08. The number of amides is 2. The smallest absolute Gasteiger partial charge is 0.313 e. The van der Waals surface area contributed by atoms with E-state index in [1.54, 1.807) is 0 Å². The van der Waals surface area contributed by atoms with Crippen LogP contribution in [-0.2, 0) is 14.3 Å². The van der Waals surface area contributed by atoms with Crippen molar-refractivity contribution in [2.45, 2.75) is 26.2 Å². The van der Waals surface area contributed by atoms with Crippen LogP contribution in [0.2, 0.25) is 0 Å². The average molecular weight is 294 g/mol. The molecule has 3 N–H and O–H groups in total. The third kappa shape index (κ3) is 7.31. The van der Waals surface area contributed by atoms with Crippen LogP contribution >= 0.6 is 0 Å². The number of rotatable bonds is 8. The lowest BCUT2D eigenvalue weighted by Crippen LogP contribution is -2.36. The Morgan fingerprint density at radius 1 is 1.10 bits per heavy atom.